The van der Waals surface area contributed by atoms with Crippen LogP contribution in [0.5, 0.6) is 0 Å². The van der Waals surface area contributed by atoms with Crippen LogP contribution in [0.15, 0.2) is 18.3 Å². The molecule has 1 heterocycles. The Morgan fingerprint density at radius 3 is 2.89 bits per heavy atom. The highest BCUT2D eigenvalue weighted by atomic mass is 16.5. The molecule has 0 aromatic carbocycles. The fourth-order valence-corrected chi connectivity index (χ4v) is 2.02. The molecular weight excluding hydrogens is 224 g/mol. The van der Waals surface area contributed by atoms with Crippen LogP contribution in [-0.4, -0.2) is 11.6 Å². The summed E-state index contributed by atoms with van der Waals surface area (Å²) in [6.45, 7) is 6.42. The molecule has 0 aliphatic carbocycles. The van der Waals surface area contributed by atoms with Gasteiger partial charge in [-0.2, -0.15) is 0 Å². The van der Waals surface area contributed by atoms with Crippen molar-refractivity contribution in [1.82, 2.24) is 4.98 Å². The van der Waals surface area contributed by atoms with Gasteiger partial charge in [0.2, 0.25) is 0 Å². The molecule has 1 atom stereocenters. The van der Waals surface area contributed by atoms with Crippen molar-refractivity contribution in [2.24, 2.45) is 11.7 Å². The number of nitrogens with two attached hydrogens (primary N) is 1. The maximum absolute atomic E-state index is 5.82. The van der Waals surface area contributed by atoms with E-state index in [0.29, 0.717) is 19.1 Å². The number of hydrogen-bond donors (Lipinski definition) is 1. The maximum atomic E-state index is 5.82. The largest absolute Gasteiger partial charge is 0.376 e. The van der Waals surface area contributed by atoms with Gasteiger partial charge in [0.05, 0.1) is 12.3 Å². The van der Waals surface area contributed by atoms with Crippen molar-refractivity contribution >= 4 is 0 Å². The summed E-state index contributed by atoms with van der Waals surface area (Å²) in [4.78, 5) is 4.26. The monoisotopic (exact) mass is 250 g/mol. The number of aromatic nitrogens is 1. The molecule has 1 rings (SSSR count). The summed E-state index contributed by atoms with van der Waals surface area (Å²) in [6.07, 6.45) is 6.79. The Kier molecular flexibility index (Phi) is 7.62. The molecule has 0 fully saturated rings. The van der Waals surface area contributed by atoms with E-state index < -0.39 is 0 Å². The first-order valence-corrected chi connectivity index (χ1v) is 7.02. The third kappa shape index (κ3) is 5.15. The Balaban J connectivity index is 2.35. The molecule has 1 aromatic rings. The Morgan fingerprint density at radius 2 is 2.22 bits per heavy atom. The number of nitrogens with zero attached hydrogens (tertiary/aromatic N) is 1. The van der Waals surface area contributed by atoms with Gasteiger partial charge in [0.25, 0.3) is 0 Å². The average Bonchev–Trinajstić information content (AvgIpc) is 2.43. The zero-order chi connectivity index (χ0) is 13.2. The Hall–Kier alpha value is -0.930. The van der Waals surface area contributed by atoms with Crippen molar-refractivity contribution in [3.05, 3.63) is 29.6 Å². The van der Waals surface area contributed by atoms with E-state index in [9.17, 15) is 0 Å². The van der Waals surface area contributed by atoms with Crippen molar-refractivity contribution < 1.29 is 4.74 Å². The van der Waals surface area contributed by atoms with Crippen molar-refractivity contribution in [2.75, 3.05) is 6.61 Å². The minimum atomic E-state index is 0.479. The number of hydrogen-bond acceptors (Lipinski definition) is 3. The molecule has 1 unspecified atom stereocenters. The van der Waals surface area contributed by atoms with Crippen LogP contribution in [0.25, 0.3) is 0 Å². The molecule has 3 heteroatoms. The van der Waals surface area contributed by atoms with Gasteiger partial charge in [-0.15, -0.1) is 0 Å². The lowest BCUT2D eigenvalue weighted by Gasteiger charge is -2.15. The fraction of sp³-hybridized carbons (Fsp3) is 0.667. The molecule has 0 saturated heterocycles. The van der Waals surface area contributed by atoms with Crippen LogP contribution >= 0.6 is 0 Å². The number of pyridine rings is 1. The molecule has 3 nitrogen and oxygen atoms in total. The number of ether oxygens (including phenoxy) is 1. The van der Waals surface area contributed by atoms with Crippen LogP contribution in [0.2, 0.25) is 0 Å². The Labute approximate surface area is 111 Å². The maximum Gasteiger partial charge on any atom is 0.0735 e. The lowest BCUT2D eigenvalue weighted by Crippen LogP contribution is -2.11. The topological polar surface area (TPSA) is 48.1 Å². The second kappa shape index (κ2) is 9.06. The normalized spacial score (nSPS) is 12.6. The summed E-state index contributed by atoms with van der Waals surface area (Å²) in [5.74, 6) is 0.683. The lowest BCUT2D eigenvalue weighted by molar-refractivity contribution is 0.0813. The second-order valence-electron chi connectivity index (χ2n) is 4.74. The standard InChI is InChI=1S/C15H26N2O/c1-3-5-7-13(4-2)11-18-12-14-8-6-9-17-15(14)10-16/h6,8-9,13H,3-5,7,10-12,16H2,1-2H3. The summed E-state index contributed by atoms with van der Waals surface area (Å²) < 4.78 is 5.82. The third-order valence-electron chi connectivity index (χ3n) is 3.33. The van der Waals surface area contributed by atoms with Crippen LogP contribution in [0.4, 0.5) is 0 Å². The molecule has 0 amide bonds. The van der Waals surface area contributed by atoms with Gasteiger partial charge in [-0.25, -0.2) is 0 Å². The molecule has 2 N–H and O–H groups in total. The van der Waals surface area contributed by atoms with Crippen LogP contribution in [0, 0.1) is 5.92 Å². The fourth-order valence-electron chi connectivity index (χ4n) is 2.02. The summed E-state index contributed by atoms with van der Waals surface area (Å²) in [6, 6.07) is 3.98. The van der Waals surface area contributed by atoms with E-state index in [1.165, 1.54) is 25.7 Å². The highest BCUT2D eigenvalue weighted by molar-refractivity contribution is 5.18. The molecule has 1 aromatic heterocycles. The summed E-state index contributed by atoms with van der Waals surface area (Å²) >= 11 is 0. The van der Waals surface area contributed by atoms with Gasteiger partial charge in [0, 0.05) is 24.9 Å². The zero-order valence-electron chi connectivity index (χ0n) is 11.7. The van der Waals surface area contributed by atoms with Crippen LogP contribution in [0.1, 0.15) is 50.8 Å². The van der Waals surface area contributed by atoms with Gasteiger partial charge < -0.3 is 10.5 Å². The van der Waals surface area contributed by atoms with Gasteiger partial charge in [-0.3, -0.25) is 4.98 Å². The van der Waals surface area contributed by atoms with E-state index in [0.717, 1.165) is 17.9 Å². The molecule has 0 aliphatic heterocycles. The molecule has 102 valence electrons. The first-order valence-electron chi connectivity index (χ1n) is 7.02. The van der Waals surface area contributed by atoms with Gasteiger partial charge in [0.15, 0.2) is 0 Å². The van der Waals surface area contributed by atoms with Crippen molar-refractivity contribution in [3.63, 3.8) is 0 Å². The second-order valence-corrected chi connectivity index (χ2v) is 4.74. The Bertz CT molecular complexity index is 328. The van der Waals surface area contributed by atoms with Crippen molar-refractivity contribution in [1.29, 1.82) is 0 Å². The lowest BCUT2D eigenvalue weighted by atomic mass is 10.0. The highest BCUT2D eigenvalue weighted by Gasteiger charge is 2.07. The summed E-state index contributed by atoms with van der Waals surface area (Å²) in [7, 11) is 0. The van der Waals surface area contributed by atoms with E-state index in [1.54, 1.807) is 6.20 Å². The molecule has 0 saturated carbocycles. The quantitative estimate of drug-likeness (QED) is 0.731. The van der Waals surface area contributed by atoms with E-state index in [-0.39, 0.29) is 0 Å². The molecule has 0 radical (unpaired) electrons. The van der Waals surface area contributed by atoms with E-state index >= 15 is 0 Å². The first kappa shape index (κ1) is 15.1. The zero-order valence-corrected chi connectivity index (χ0v) is 11.7. The predicted molar refractivity (Wildman–Crippen MR) is 75.1 cm³/mol. The molecule has 0 spiro atoms. The van der Waals surface area contributed by atoms with Crippen LogP contribution in [0.3, 0.4) is 0 Å². The van der Waals surface area contributed by atoms with E-state index in [2.05, 4.69) is 18.8 Å². The third-order valence-corrected chi connectivity index (χ3v) is 3.33. The summed E-state index contributed by atoms with van der Waals surface area (Å²) in [5.41, 5.74) is 7.72. The van der Waals surface area contributed by atoms with Crippen LogP contribution < -0.4 is 5.73 Å². The van der Waals surface area contributed by atoms with Gasteiger partial charge in [-0.1, -0.05) is 39.2 Å². The minimum absolute atomic E-state index is 0.479. The minimum Gasteiger partial charge on any atom is -0.376 e. The first-order chi connectivity index (χ1) is 8.81. The SMILES string of the molecule is CCCCC(CC)COCc1cccnc1CN. The molecule has 18 heavy (non-hydrogen) atoms. The van der Waals surface area contributed by atoms with Gasteiger partial charge in [-0.05, 0) is 18.4 Å². The number of rotatable bonds is 9. The highest BCUT2D eigenvalue weighted by Crippen LogP contribution is 2.14. The number of unbranched alkanes of at least 4 members (excludes halogenated alkanes) is 1. The van der Waals surface area contributed by atoms with E-state index in [1.807, 2.05) is 12.1 Å². The Morgan fingerprint density at radius 1 is 1.39 bits per heavy atom. The van der Waals surface area contributed by atoms with Crippen molar-refractivity contribution in [3.8, 4) is 0 Å². The van der Waals surface area contributed by atoms with Gasteiger partial charge in [0.1, 0.15) is 0 Å². The van der Waals surface area contributed by atoms with Gasteiger partial charge >= 0.3 is 0 Å². The predicted octanol–water partition coefficient (Wildman–Crippen LogP) is 3.27. The molecular formula is C15H26N2O. The average molecular weight is 250 g/mol. The molecule has 0 bridgehead atoms. The van der Waals surface area contributed by atoms with E-state index in [4.69, 9.17) is 10.5 Å². The molecule has 0 aliphatic rings. The van der Waals surface area contributed by atoms with Crippen LogP contribution in [-0.2, 0) is 17.9 Å². The van der Waals surface area contributed by atoms with Crippen molar-refractivity contribution in [2.45, 2.75) is 52.7 Å². The smallest absolute Gasteiger partial charge is 0.0735 e. The summed E-state index contributed by atoms with van der Waals surface area (Å²) in [5, 5.41) is 0.